The van der Waals surface area contributed by atoms with Crippen LogP contribution >= 0.6 is 11.3 Å². The van der Waals surface area contributed by atoms with Crippen molar-refractivity contribution in [1.29, 1.82) is 0 Å². The summed E-state index contributed by atoms with van der Waals surface area (Å²) < 4.78 is 0. The van der Waals surface area contributed by atoms with Crippen LogP contribution in [0.2, 0.25) is 0 Å². The van der Waals surface area contributed by atoms with Crippen molar-refractivity contribution < 1.29 is 0 Å². The van der Waals surface area contributed by atoms with E-state index >= 15 is 0 Å². The van der Waals surface area contributed by atoms with Gasteiger partial charge in [0.05, 0.1) is 6.04 Å². The van der Waals surface area contributed by atoms with Crippen LogP contribution in [0.15, 0.2) is 23.6 Å². The minimum atomic E-state index is 0.324. The Bertz CT molecular complexity index is 607. The van der Waals surface area contributed by atoms with E-state index in [4.69, 9.17) is 10.7 Å². The van der Waals surface area contributed by atoms with Crippen molar-refractivity contribution in [3.63, 3.8) is 0 Å². The van der Waals surface area contributed by atoms with Crippen LogP contribution in [0.5, 0.6) is 0 Å². The molecule has 2 heterocycles. The first-order valence-electron chi connectivity index (χ1n) is 7.68. The maximum Gasteiger partial charge on any atom is 0.133 e. The highest BCUT2D eigenvalue weighted by atomic mass is 32.1. The van der Waals surface area contributed by atoms with Crippen molar-refractivity contribution in [2.75, 3.05) is 11.9 Å². The lowest BCUT2D eigenvalue weighted by Crippen LogP contribution is -2.25. The van der Waals surface area contributed by atoms with Crippen LogP contribution in [0.3, 0.4) is 0 Å². The van der Waals surface area contributed by atoms with Crippen LogP contribution in [-0.4, -0.2) is 12.0 Å². The van der Waals surface area contributed by atoms with Gasteiger partial charge < -0.3 is 10.6 Å². The first-order valence-corrected chi connectivity index (χ1v) is 8.56. The molecule has 1 atom stereocenters. The second-order valence-corrected chi connectivity index (χ2v) is 6.77. The summed E-state index contributed by atoms with van der Waals surface area (Å²) in [5, 5.41) is 2.13. The third-order valence-corrected chi connectivity index (χ3v) is 5.49. The smallest absolute Gasteiger partial charge is 0.133 e. The standard InChI is InChI=1S/C17H23N3S/c1-12(16-8-5-9-21-16)20(2)17-14(11-18)10-13-6-3-4-7-15(13)19-17/h5,8-10,12H,3-4,6-7,11,18H2,1-2H3. The zero-order valence-electron chi connectivity index (χ0n) is 12.8. The molecule has 4 heteroatoms. The van der Waals surface area contributed by atoms with Crippen LogP contribution in [0.1, 0.15) is 47.5 Å². The highest BCUT2D eigenvalue weighted by Gasteiger charge is 2.20. The lowest BCUT2D eigenvalue weighted by atomic mass is 9.94. The average molecular weight is 301 g/mol. The van der Waals surface area contributed by atoms with E-state index in [2.05, 4.69) is 42.5 Å². The molecule has 0 saturated carbocycles. The number of aryl methyl sites for hydroxylation is 2. The topological polar surface area (TPSA) is 42.2 Å². The Morgan fingerprint density at radius 2 is 2.19 bits per heavy atom. The molecule has 0 radical (unpaired) electrons. The van der Waals surface area contributed by atoms with Crippen LogP contribution in [0.25, 0.3) is 0 Å². The van der Waals surface area contributed by atoms with E-state index in [-0.39, 0.29) is 0 Å². The summed E-state index contributed by atoms with van der Waals surface area (Å²) in [5.41, 5.74) is 9.83. The van der Waals surface area contributed by atoms with Crippen LogP contribution < -0.4 is 10.6 Å². The molecular formula is C17H23N3S. The van der Waals surface area contributed by atoms with Gasteiger partial charge in [-0.25, -0.2) is 4.98 Å². The Labute approximate surface area is 130 Å². The second-order valence-electron chi connectivity index (χ2n) is 5.79. The van der Waals surface area contributed by atoms with E-state index in [1.807, 2.05) is 0 Å². The zero-order valence-corrected chi connectivity index (χ0v) is 13.6. The summed E-state index contributed by atoms with van der Waals surface area (Å²) in [5.74, 6) is 1.05. The van der Waals surface area contributed by atoms with Gasteiger partial charge in [0.2, 0.25) is 0 Å². The van der Waals surface area contributed by atoms with Gasteiger partial charge >= 0.3 is 0 Å². The molecule has 3 rings (SSSR count). The highest BCUT2D eigenvalue weighted by Crippen LogP contribution is 2.31. The molecule has 2 aromatic heterocycles. The molecule has 1 unspecified atom stereocenters. The molecule has 112 valence electrons. The first-order chi connectivity index (χ1) is 10.2. The number of nitrogens with two attached hydrogens (primary N) is 1. The number of anilines is 1. The molecule has 2 N–H and O–H groups in total. The van der Waals surface area contributed by atoms with E-state index in [9.17, 15) is 0 Å². The van der Waals surface area contributed by atoms with E-state index in [0.717, 1.165) is 18.7 Å². The van der Waals surface area contributed by atoms with Crippen LogP contribution in [-0.2, 0) is 19.4 Å². The molecular weight excluding hydrogens is 278 g/mol. The fourth-order valence-corrected chi connectivity index (χ4v) is 3.86. The fourth-order valence-electron chi connectivity index (χ4n) is 3.03. The maximum atomic E-state index is 5.98. The number of hydrogen-bond donors (Lipinski definition) is 1. The van der Waals surface area contributed by atoms with Gasteiger partial charge in [-0.2, -0.15) is 0 Å². The number of fused-ring (bicyclic) bond motifs is 1. The number of nitrogens with zero attached hydrogens (tertiary/aromatic N) is 2. The maximum absolute atomic E-state index is 5.98. The van der Waals surface area contributed by atoms with E-state index < -0.39 is 0 Å². The number of thiophene rings is 1. The Hall–Kier alpha value is -1.39. The summed E-state index contributed by atoms with van der Waals surface area (Å²) in [6.07, 6.45) is 4.79. The largest absolute Gasteiger partial charge is 0.352 e. The predicted molar refractivity (Wildman–Crippen MR) is 89.9 cm³/mol. The zero-order chi connectivity index (χ0) is 14.8. The van der Waals surface area contributed by atoms with Crippen molar-refractivity contribution in [3.8, 4) is 0 Å². The van der Waals surface area contributed by atoms with Gasteiger partial charge in [0.1, 0.15) is 5.82 Å². The Balaban J connectivity index is 1.96. The summed E-state index contributed by atoms with van der Waals surface area (Å²) in [6.45, 7) is 2.78. The fraction of sp³-hybridized carbons (Fsp3) is 0.471. The molecule has 0 bridgehead atoms. The molecule has 0 saturated heterocycles. The number of aromatic nitrogens is 1. The molecule has 0 fully saturated rings. The Morgan fingerprint density at radius 1 is 1.38 bits per heavy atom. The van der Waals surface area contributed by atoms with Gasteiger partial charge in [-0.15, -0.1) is 11.3 Å². The third-order valence-electron chi connectivity index (χ3n) is 4.45. The number of hydrogen-bond acceptors (Lipinski definition) is 4. The van der Waals surface area contributed by atoms with Gasteiger partial charge in [-0.1, -0.05) is 6.07 Å². The van der Waals surface area contributed by atoms with Crippen molar-refractivity contribution >= 4 is 17.2 Å². The van der Waals surface area contributed by atoms with Gasteiger partial charge in [0, 0.05) is 29.7 Å². The van der Waals surface area contributed by atoms with Crippen molar-refractivity contribution in [2.45, 2.75) is 45.2 Å². The van der Waals surface area contributed by atoms with E-state index in [1.54, 1.807) is 11.3 Å². The second kappa shape index (κ2) is 6.16. The lowest BCUT2D eigenvalue weighted by molar-refractivity contribution is 0.657. The predicted octanol–water partition coefficient (Wildman–Crippen LogP) is 3.68. The van der Waals surface area contributed by atoms with Crippen LogP contribution in [0, 0.1) is 0 Å². The Kier molecular flexibility index (Phi) is 4.27. The van der Waals surface area contributed by atoms with Gasteiger partial charge in [0.25, 0.3) is 0 Å². The SMILES string of the molecule is CC(c1cccs1)N(C)c1nc2c(cc1CN)CCCC2. The monoisotopic (exact) mass is 301 g/mol. The normalized spacial score (nSPS) is 15.6. The molecule has 0 aromatic carbocycles. The van der Waals surface area contributed by atoms with Crippen molar-refractivity contribution in [1.82, 2.24) is 4.98 Å². The molecule has 0 spiro atoms. The molecule has 3 nitrogen and oxygen atoms in total. The quantitative estimate of drug-likeness (QED) is 0.936. The number of pyridine rings is 1. The minimum absolute atomic E-state index is 0.324. The lowest BCUT2D eigenvalue weighted by Gasteiger charge is -2.29. The van der Waals surface area contributed by atoms with Gasteiger partial charge in [0.15, 0.2) is 0 Å². The molecule has 0 aliphatic heterocycles. The first kappa shape index (κ1) is 14.5. The van der Waals surface area contributed by atoms with Crippen molar-refractivity contribution in [3.05, 3.63) is 45.3 Å². The Morgan fingerprint density at radius 3 is 2.90 bits per heavy atom. The molecule has 1 aliphatic rings. The van der Waals surface area contributed by atoms with Crippen molar-refractivity contribution in [2.24, 2.45) is 5.73 Å². The summed E-state index contributed by atoms with van der Waals surface area (Å²) in [4.78, 5) is 8.59. The molecule has 2 aromatic rings. The summed E-state index contributed by atoms with van der Waals surface area (Å²) in [6, 6.07) is 6.90. The van der Waals surface area contributed by atoms with Gasteiger partial charge in [-0.3, -0.25) is 0 Å². The molecule has 1 aliphatic carbocycles. The minimum Gasteiger partial charge on any atom is -0.352 e. The highest BCUT2D eigenvalue weighted by molar-refractivity contribution is 7.10. The van der Waals surface area contributed by atoms with Crippen LogP contribution in [0.4, 0.5) is 5.82 Å². The molecule has 0 amide bonds. The average Bonchev–Trinajstić information content (AvgIpc) is 3.06. The summed E-state index contributed by atoms with van der Waals surface area (Å²) >= 11 is 1.80. The van der Waals surface area contributed by atoms with E-state index in [1.165, 1.54) is 34.5 Å². The summed E-state index contributed by atoms with van der Waals surface area (Å²) in [7, 11) is 2.13. The third kappa shape index (κ3) is 2.83. The van der Waals surface area contributed by atoms with Gasteiger partial charge in [-0.05, 0) is 55.7 Å². The van der Waals surface area contributed by atoms with E-state index in [0.29, 0.717) is 12.6 Å². The molecule has 21 heavy (non-hydrogen) atoms. The number of rotatable bonds is 4.